The predicted molar refractivity (Wildman–Crippen MR) is 59.2 cm³/mol. The normalized spacial score (nSPS) is 19.4. The number of aromatic nitrogens is 1. The number of anilines is 1. The fraction of sp³-hybridized carbons (Fsp3) is 0.625. The summed E-state index contributed by atoms with van der Waals surface area (Å²) in [5.74, 6) is 0. The molecule has 0 unspecified atom stereocenters. The van der Waals surface area contributed by atoms with Crippen molar-refractivity contribution < 1.29 is 0 Å². The molecule has 1 saturated heterocycles. The summed E-state index contributed by atoms with van der Waals surface area (Å²) in [6.45, 7) is 2.09. The first kappa shape index (κ1) is 9.43. The third-order valence-electron chi connectivity index (χ3n) is 2.27. The zero-order valence-corrected chi connectivity index (χ0v) is 9.64. The van der Waals surface area contributed by atoms with Crippen LogP contribution >= 0.6 is 27.3 Å². The lowest BCUT2D eigenvalue weighted by molar-refractivity contribution is 0.500. The summed E-state index contributed by atoms with van der Waals surface area (Å²) in [6.07, 6.45) is 2.16. The highest BCUT2D eigenvalue weighted by Crippen LogP contribution is 2.25. The summed E-state index contributed by atoms with van der Waals surface area (Å²) < 4.78 is 0.933. The third-order valence-corrected chi connectivity index (χ3v) is 3.88. The van der Waals surface area contributed by atoms with E-state index in [1.165, 1.54) is 0 Å². The van der Waals surface area contributed by atoms with Crippen LogP contribution in [0.2, 0.25) is 0 Å². The highest BCUT2D eigenvalue weighted by atomic mass is 79.9. The van der Waals surface area contributed by atoms with Crippen LogP contribution in [0.4, 0.5) is 5.13 Å². The van der Waals surface area contributed by atoms with Crippen molar-refractivity contribution in [1.29, 1.82) is 0 Å². The second-order valence-electron chi connectivity index (χ2n) is 3.28. The van der Waals surface area contributed by atoms with Crippen molar-refractivity contribution in [1.82, 2.24) is 4.98 Å². The van der Waals surface area contributed by atoms with Crippen LogP contribution in [0.25, 0.3) is 0 Å². The van der Waals surface area contributed by atoms with Crippen LogP contribution in [0.15, 0.2) is 9.98 Å². The molecule has 1 fully saturated rings. The minimum Gasteiger partial charge on any atom is -0.348 e. The SMILES string of the molecule is NC1CCN(c2nc(Br)cs2)CC1. The summed E-state index contributed by atoms with van der Waals surface area (Å²) in [5, 5.41) is 3.13. The fourth-order valence-electron chi connectivity index (χ4n) is 1.48. The average molecular weight is 262 g/mol. The van der Waals surface area contributed by atoms with Gasteiger partial charge in [-0.1, -0.05) is 0 Å². The van der Waals surface area contributed by atoms with Gasteiger partial charge in [-0.15, -0.1) is 11.3 Å². The minimum absolute atomic E-state index is 0.389. The van der Waals surface area contributed by atoms with Gasteiger partial charge in [-0.3, -0.25) is 0 Å². The van der Waals surface area contributed by atoms with Crippen molar-refractivity contribution in [3.05, 3.63) is 9.98 Å². The fourth-order valence-corrected chi connectivity index (χ4v) is 2.79. The molecule has 0 spiro atoms. The van der Waals surface area contributed by atoms with Crippen LogP contribution < -0.4 is 10.6 Å². The van der Waals surface area contributed by atoms with E-state index in [4.69, 9.17) is 5.73 Å². The molecule has 2 heterocycles. The number of nitrogens with two attached hydrogens (primary N) is 1. The number of hydrogen-bond acceptors (Lipinski definition) is 4. The van der Waals surface area contributed by atoms with Crippen LogP contribution in [-0.4, -0.2) is 24.1 Å². The van der Waals surface area contributed by atoms with Crippen molar-refractivity contribution in [2.24, 2.45) is 5.73 Å². The first-order chi connectivity index (χ1) is 6.25. The smallest absolute Gasteiger partial charge is 0.186 e. The molecular weight excluding hydrogens is 250 g/mol. The molecule has 72 valence electrons. The number of hydrogen-bond donors (Lipinski definition) is 1. The lowest BCUT2D eigenvalue weighted by Gasteiger charge is -2.29. The van der Waals surface area contributed by atoms with Crippen molar-refractivity contribution >= 4 is 32.4 Å². The van der Waals surface area contributed by atoms with E-state index in [1.807, 2.05) is 5.38 Å². The second-order valence-corrected chi connectivity index (χ2v) is 4.93. The summed E-state index contributed by atoms with van der Waals surface area (Å²) >= 11 is 5.04. The Morgan fingerprint density at radius 2 is 2.23 bits per heavy atom. The zero-order chi connectivity index (χ0) is 9.26. The molecule has 0 radical (unpaired) electrons. The first-order valence-corrected chi connectivity index (χ1v) is 6.04. The topological polar surface area (TPSA) is 42.1 Å². The molecule has 0 saturated carbocycles. The summed E-state index contributed by atoms with van der Waals surface area (Å²) in [5.41, 5.74) is 5.83. The number of thiazole rings is 1. The van der Waals surface area contributed by atoms with Gasteiger partial charge in [0.2, 0.25) is 0 Å². The Balaban J connectivity index is 2.02. The molecule has 3 nitrogen and oxygen atoms in total. The maximum absolute atomic E-state index is 5.83. The molecule has 1 aliphatic heterocycles. The van der Waals surface area contributed by atoms with Gasteiger partial charge in [-0.25, -0.2) is 4.98 Å². The third kappa shape index (κ3) is 2.21. The summed E-state index contributed by atoms with van der Waals surface area (Å²) in [6, 6.07) is 0.389. The summed E-state index contributed by atoms with van der Waals surface area (Å²) in [7, 11) is 0. The van der Waals surface area contributed by atoms with Gasteiger partial charge in [0.25, 0.3) is 0 Å². The van der Waals surface area contributed by atoms with E-state index in [2.05, 4.69) is 25.8 Å². The minimum atomic E-state index is 0.389. The highest BCUT2D eigenvalue weighted by molar-refractivity contribution is 9.10. The maximum Gasteiger partial charge on any atom is 0.186 e. The summed E-state index contributed by atoms with van der Waals surface area (Å²) in [4.78, 5) is 6.68. The maximum atomic E-state index is 5.83. The van der Waals surface area contributed by atoms with Gasteiger partial charge in [-0.05, 0) is 28.8 Å². The number of rotatable bonds is 1. The van der Waals surface area contributed by atoms with Gasteiger partial charge in [0.15, 0.2) is 5.13 Å². The molecule has 0 amide bonds. The molecule has 1 aromatic heterocycles. The zero-order valence-electron chi connectivity index (χ0n) is 7.24. The number of halogens is 1. The monoisotopic (exact) mass is 261 g/mol. The highest BCUT2D eigenvalue weighted by Gasteiger charge is 2.18. The van der Waals surface area contributed by atoms with Crippen LogP contribution in [-0.2, 0) is 0 Å². The van der Waals surface area contributed by atoms with Gasteiger partial charge in [0.05, 0.1) is 0 Å². The van der Waals surface area contributed by atoms with Crippen molar-refractivity contribution in [3.8, 4) is 0 Å². The van der Waals surface area contributed by atoms with Crippen molar-refractivity contribution in [2.75, 3.05) is 18.0 Å². The Kier molecular flexibility index (Phi) is 2.86. The molecule has 0 aromatic carbocycles. The van der Waals surface area contributed by atoms with E-state index in [9.17, 15) is 0 Å². The van der Waals surface area contributed by atoms with Crippen molar-refractivity contribution in [3.63, 3.8) is 0 Å². The molecule has 0 bridgehead atoms. The molecule has 1 aromatic rings. The Morgan fingerprint density at radius 1 is 1.54 bits per heavy atom. The van der Waals surface area contributed by atoms with Gasteiger partial charge >= 0.3 is 0 Å². The van der Waals surface area contributed by atoms with Gasteiger partial charge in [0.1, 0.15) is 4.60 Å². The van der Waals surface area contributed by atoms with Crippen LogP contribution in [0, 0.1) is 0 Å². The van der Waals surface area contributed by atoms with E-state index < -0.39 is 0 Å². The second kappa shape index (κ2) is 3.94. The van der Waals surface area contributed by atoms with E-state index >= 15 is 0 Å². The van der Waals surface area contributed by atoms with E-state index in [-0.39, 0.29) is 0 Å². The van der Waals surface area contributed by atoms with E-state index in [0.717, 1.165) is 35.7 Å². The van der Waals surface area contributed by atoms with Crippen LogP contribution in [0.3, 0.4) is 0 Å². The molecule has 2 N–H and O–H groups in total. The van der Waals surface area contributed by atoms with Gasteiger partial charge in [0, 0.05) is 24.5 Å². The molecular formula is C8H12BrN3S. The van der Waals surface area contributed by atoms with Gasteiger partial charge in [-0.2, -0.15) is 0 Å². The number of piperidine rings is 1. The standard InChI is InChI=1S/C8H12BrN3S/c9-7-5-13-8(11-7)12-3-1-6(10)2-4-12/h5-6H,1-4,10H2. The predicted octanol–water partition coefficient (Wildman–Crippen LogP) is 1.83. The Hall–Kier alpha value is -0.130. The van der Waals surface area contributed by atoms with E-state index in [0.29, 0.717) is 6.04 Å². The Morgan fingerprint density at radius 3 is 2.77 bits per heavy atom. The lowest BCUT2D eigenvalue weighted by atomic mass is 10.1. The van der Waals surface area contributed by atoms with Crippen molar-refractivity contribution in [2.45, 2.75) is 18.9 Å². The lowest BCUT2D eigenvalue weighted by Crippen LogP contribution is -2.39. The van der Waals surface area contributed by atoms with Gasteiger partial charge < -0.3 is 10.6 Å². The molecule has 1 aliphatic rings. The van der Waals surface area contributed by atoms with Crippen LogP contribution in [0.5, 0.6) is 0 Å². The quantitative estimate of drug-likeness (QED) is 0.839. The first-order valence-electron chi connectivity index (χ1n) is 4.37. The molecule has 13 heavy (non-hydrogen) atoms. The molecule has 0 atom stereocenters. The average Bonchev–Trinajstić information content (AvgIpc) is 2.53. The molecule has 0 aliphatic carbocycles. The van der Waals surface area contributed by atoms with E-state index in [1.54, 1.807) is 11.3 Å². The molecule has 2 rings (SSSR count). The Bertz CT molecular complexity index is 281. The van der Waals surface area contributed by atoms with Crippen LogP contribution in [0.1, 0.15) is 12.8 Å². The largest absolute Gasteiger partial charge is 0.348 e. The Labute approximate surface area is 90.1 Å². The molecule has 5 heteroatoms. The number of nitrogens with zero attached hydrogens (tertiary/aromatic N) is 2.